The molecule has 1 saturated heterocycles. The van der Waals surface area contributed by atoms with Gasteiger partial charge >= 0.3 is 0 Å². The lowest BCUT2D eigenvalue weighted by Crippen LogP contribution is -2.49. The van der Waals surface area contributed by atoms with Crippen LogP contribution in [-0.4, -0.2) is 68.8 Å². The third-order valence-electron chi connectivity index (χ3n) is 6.73. The normalized spacial score (nSPS) is 21.8. The predicted octanol–water partition coefficient (Wildman–Crippen LogP) is 3.44. The van der Waals surface area contributed by atoms with Crippen LogP contribution in [0.4, 0.5) is 5.69 Å². The van der Waals surface area contributed by atoms with Gasteiger partial charge in [0.2, 0.25) is 5.91 Å². The highest BCUT2D eigenvalue weighted by Gasteiger charge is 2.58. The first-order valence-corrected chi connectivity index (χ1v) is 12.3. The van der Waals surface area contributed by atoms with Crippen LogP contribution < -0.4 is 10.6 Å². The maximum Gasteiger partial charge on any atom is 0.293 e. The minimum Gasteiger partial charge on any atom is -0.463 e. The van der Waals surface area contributed by atoms with Gasteiger partial charge in [-0.3, -0.25) is 9.59 Å². The van der Waals surface area contributed by atoms with Crippen LogP contribution in [0.3, 0.4) is 0 Å². The average molecular weight is 498 g/mol. The molecule has 35 heavy (non-hydrogen) atoms. The van der Waals surface area contributed by atoms with Crippen LogP contribution in [0, 0.1) is 0 Å². The van der Waals surface area contributed by atoms with Crippen molar-refractivity contribution in [2.24, 2.45) is 0 Å². The van der Waals surface area contributed by atoms with Crippen LogP contribution in [0.2, 0.25) is 5.02 Å². The van der Waals surface area contributed by atoms with Gasteiger partial charge in [-0.05, 0) is 57.1 Å². The Kier molecular flexibility index (Phi) is 8.11. The number of anilines is 1. The molecule has 0 radical (unpaired) electrons. The van der Waals surface area contributed by atoms with Crippen molar-refractivity contribution in [3.8, 4) is 0 Å². The van der Waals surface area contributed by atoms with Crippen molar-refractivity contribution in [2.75, 3.05) is 39.1 Å². The third-order valence-corrected chi connectivity index (χ3v) is 7.10. The molecule has 2 bridgehead atoms. The van der Waals surface area contributed by atoms with Gasteiger partial charge < -0.3 is 25.0 Å². The molecule has 2 aromatic carbocycles. The number of para-hydroxylation sites is 1. The van der Waals surface area contributed by atoms with Crippen molar-refractivity contribution in [1.29, 1.82) is 0 Å². The number of ether oxygens (including phenoxy) is 2. The van der Waals surface area contributed by atoms with E-state index in [-0.39, 0.29) is 24.7 Å². The number of fused-ring (bicyclic) bond motifs is 2. The molecule has 2 aliphatic heterocycles. The smallest absolute Gasteiger partial charge is 0.293 e. The Morgan fingerprint density at radius 2 is 1.97 bits per heavy atom. The number of rotatable bonds is 12. The highest BCUT2D eigenvalue weighted by atomic mass is 35.5. The molecule has 0 aliphatic carbocycles. The number of nitrogens with zero attached hydrogens (tertiary/aromatic N) is 1. The van der Waals surface area contributed by atoms with E-state index < -0.39 is 5.60 Å². The summed E-state index contributed by atoms with van der Waals surface area (Å²) in [7, 11) is 3.91. The lowest BCUT2D eigenvalue weighted by molar-refractivity contribution is -0.128. The Morgan fingerprint density at radius 1 is 1.23 bits per heavy atom. The molecular formula is C27H32ClN3O4. The fraction of sp³-hybridized carbons (Fsp3) is 0.407. The Balaban J connectivity index is 1.71. The lowest BCUT2D eigenvalue weighted by Gasteiger charge is -2.38. The molecule has 2 heterocycles. The fourth-order valence-corrected chi connectivity index (χ4v) is 5.29. The molecule has 4 rings (SSSR count). The summed E-state index contributed by atoms with van der Waals surface area (Å²) in [5.41, 5.74) is 2.41. The minimum absolute atomic E-state index is 0.00588. The number of benzene rings is 2. The molecule has 0 saturated carbocycles. The number of nitrogens with one attached hydrogen (secondary N) is 2. The summed E-state index contributed by atoms with van der Waals surface area (Å²) < 4.78 is 11.9. The maximum atomic E-state index is 13.3. The van der Waals surface area contributed by atoms with Crippen molar-refractivity contribution in [2.45, 2.75) is 37.0 Å². The zero-order chi connectivity index (χ0) is 24.8. The van der Waals surface area contributed by atoms with E-state index in [1.165, 1.54) is 0 Å². The van der Waals surface area contributed by atoms with Crippen molar-refractivity contribution >= 4 is 29.7 Å². The summed E-state index contributed by atoms with van der Waals surface area (Å²) in [6, 6.07) is 17.4. The van der Waals surface area contributed by atoms with Crippen molar-refractivity contribution < 1.29 is 19.1 Å². The molecule has 2 aliphatic rings. The second kappa shape index (κ2) is 11.2. The van der Waals surface area contributed by atoms with Crippen molar-refractivity contribution in [3.63, 3.8) is 0 Å². The molecule has 186 valence electrons. The highest BCUT2D eigenvalue weighted by Crippen LogP contribution is 2.51. The van der Waals surface area contributed by atoms with Gasteiger partial charge in [-0.1, -0.05) is 48.0 Å². The summed E-state index contributed by atoms with van der Waals surface area (Å²) in [6.45, 7) is 1.66. The quantitative estimate of drug-likeness (QED) is 0.437. The molecule has 2 aromatic rings. The maximum absolute atomic E-state index is 13.3. The molecule has 0 aromatic heterocycles. The van der Waals surface area contributed by atoms with Crippen LogP contribution in [0.5, 0.6) is 0 Å². The molecule has 2 N–H and O–H groups in total. The minimum atomic E-state index is -0.809. The van der Waals surface area contributed by atoms with Crippen molar-refractivity contribution in [1.82, 2.24) is 10.2 Å². The van der Waals surface area contributed by atoms with Gasteiger partial charge in [0.1, 0.15) is 12.2 Å². The summed E-state index contributed by atoms with van der Waals surface area (Å²) in [5.74, 6) is -0.167. The van der Waals surface area contributed by atoms with Gasteiger partial charge in [-0.25, -0.2) is 0 Å². The number of hydrogen-bond acceptors (Lipinski definition) is 6. The number of hydrogen-bond donors (Lipinski definition) is 2. The lowest BCUT2D eigenvalue weighted by atomic mass is 9.75. The van der Waals surface area contributed by atoms with Gasteiger partial charge in [0.05, 0.1) is 17.7 Å². The topological polar surface area (TPSA) is 79.9 Å². The summed E-state index contributed by atoms with van der Waals surface area (Å²) in [6.07, 6.45) is 1.65. The van der Waals surface area contributed by atoms with E-state index in [1.807, 2.05) is 73.6 Å². The zero-order valence-electron chi connectivity index (χ0n) is 20.1. The Bertz CT molecular complexity index is 1080. The second-order valence-corrected chi connectivity index (χ2v) is 9.66. The Hall–Kier alpha value is -2.87. The van der Waals surface area contributed by atoms with Crippen LogP contribution in [0.1, 0.15) is 18.4 Å². The summed E-state index contributed by atoms with van der Waals surface area (Å²) >= 11 is 6.54. The number of halogens is 1. The van der Waals surface area contributed by atoms with Crippen molar-refractivity contribution in [3.05, 3.63) is 76.3 Å². The third kappa shape index (κ3) is 5.53. The van der Waals surface area contributed by atoms with E-state index in [0.29, 0.717) is 36.5 Å². The largest absolute Gasteiger partial charge is 0.463 e. The summed E-state index contributed by atoms with van der Waals surface area (Å²) in [5, 5.41) is 7.32. The first kappa shape index (κ1) is 25.2. The van der Waals surface area contributed by atoms with Crippen LogP contribution in [0.25, 0.3) is 0 Å². The number of carbonyl (C=O) groups is 2. The van der Waals surface area contributed by atoms with E-state index >= 15 is 0 Å². The monoisotopic (exact) mass is 497 g/mol. The van der Waals surface area contributed by atoms with Gasteiger partial charge in [0.25, 0.3) is 6.47 Å². The Labute approximate surface area is 211 Å². The predicted molar refractivity (Wildman–Crippen MR) is 136 cm³/mol. The SMILES string of the molecule is CN(C)CCNC(=O)C1=C(COC=O)C2(C(Cc3ccccc3Cl)Nc3ccccc3)CCC1O2. The molecule has 3 atom stereocenters. The molecule has 7 nitrogen and oxygen atoms in total. The second-order valence-electron chi connectivity index (χ2n) is 9.25. The Morgan fingerprint density at radius 3 is 2.69 bits per heavy atom. The van der Waals surface area contributed by atoms with E-state index in [4.69, 9.17) is 21.1 Å². The number of amides is 1. The fourth-order valence-electron chi connectivity index (χ4n) is 5.07. The van der Waals surface area contributed by atoms with E-state index in [2.05, 4.69) is 10.6 Å². The molecule has 1 amide bonds. The van der Waals surface area contributed by atoms with Crippen LogP contribution in [-0.2, 0) is 25.5 Å². The molecule has 3 unspecified atom stereocenters. The van der Waals surface area contributed by atoms with Gasteiger partial charge in [-0.15, -0.1) is 0 Å². The van der Waals surface area contributed by atoms with E-state index in [0.717, 1.165) is 29.8 Å². The zero-order valence-corrected chi connectivity index (χ0v) is 20.9. The number of carbonyl (C=O) groups excluding carboxylic acids is 2. The number of likely N-dealkylation sites (N-methyl/N-ethyl adjacent to an activating group) is 1. The van der Waals surface area contributed by atoms with Crippen LogP contribution >= 0.6 is 11.6 Å². The average Bonchev–Trinajstić information content (AvgIpc) is 3.42. The standard InChI is InChI=1S/C27H32ClN3O4/c1-31(2)15-14-29-26(33)25-21(17-34-18-32)27(13-12-23(25)35-27)24(30-20-9-4-3-5-10-20)16-19-8-6-7-11-22(19)28/h3-11,18,23-24,30H,12-17H2,1-2H3,(H,29,33). The summed E-state index contributed by atoms with van der Waals surface area (Å²) in [4.78, 5) is 26.4. The van der Waals surface area contributed by atoms with Crippen LogP contribution in [0.15, 0.2) is 65.7 Å². The van der Waals surface area contributed by atoms with E-state index in [1.54, 1.807) is 0 Å². The first-order chi connectivity index (χ1) is 16.9. The molecular weight excluding hydrogens is 466 g/mol. The van der Waals surface area contributed by atoms with E-state index in [9.17, 15) is 9.59 Å². The first-order valence-electron chi connectivity index (χ1n) is 11.9. The molecule has 1 fully saturated rings. The molecule has 0 spiro atoms. The van der Waals surface area contributed by atoms with Gasteiger partial charge in [0, 0.05) is 29.4 Å². The highest BCUT2D eigenvalue weighted by molar-refractivity contribution is 6.31. The van der Waals surface area contributed by atoms with Gasteiger partial charge in [0.15, 0.2) is 0 Å². The van der Waals surface area contributed by atoms with Gasteiger partial charge in [-0.2, -0.15) is 0 Å². The molecule has 8 heteroatoms.